The highest BCUT2D eigenvalue weighted by Crippen LogP contribution is 2.12. The summed E-state index contributed by atoms with van der Waals surface area (Å²) in [5, 5.41) is 2.68. The number of carbonyl (C=O) groups is 2. The molecule has 0 aliphatic carbocycles. The van der Waals surface area contributed by atoms with Crippen LogP contribution in [0.4, 0.5) is 0 Å². The summed E-state index contributed by atoms with van der Waals surface area (Å²) < 4.78 is 0. The number of hydrogen-bond acceptors (Lipinski definition) is 2. The van der Waals surface area contributed by atoms with Gasteiger partial charge in [0.25, 0.3) is 0 Å². The largest absolute Gasteiger partial charge is 0.355 e. The first-order valence-corrected chi connectivity index (χ1v) is 5.16. The lowest BCUT2D eigenvalue weighted by atomic mass is 10.1. The van der Waals surface area contributed by atoms with Crippen molar-refractivity contribution in [1.82, 2.24) is 10.2 Å². The van der Waals surface area contributed by atoms with Crippen LogP contribution in [-0.4, -0.2) is 36.9 Å². The fraction of sp³-hybridized carbons (Fsp3) is 0.800. The van der Waals surface area contributed by atoms with E-state index in [1.807, 2.05) is 0 Å². The second kappa shape index (κ2) is 4.98. The highest BCUT2D eigenvalue weighted by molar-refractivity contribution is 5.89. The molecular weight excluding hydrogens is 180 g/mol. The smallest absolute Gasteiger partial charge is 0.227 e. The minimum atomic E-state index is -0.135. The summed E-state index contributed by atoms with van der Waals surface area (Å²) in [6.45, 7) is 3.40. The first kappa shape index (κ1) is 11.0. The van der Waals surface area contributed by atoms with E-state index in [2.05, 4.69) is 12.2 Å². The number of hydrogen-bond donors (Lipinski definition) is 1. The molecule has 1 unspecified atom stereocenters. The molecule has 1 heterocycles. The molecule has 0 aromatic heterocycles. The Hall–Kier alpha value is -1.06. The van der Waals surface area contributed by atoms with Gasteiger partial charge in [0.2, 0.25) is 11.8 Å². The van der Waals surface area contributed by atoms with Gasteiger partial charge in [-0.05, 0) is 6.42 Å². The highest BCUT2D eigenvalue weighted by Gasteiger charge is 2.29. The lowest BCUT2D eigenvalue weighted by molar-refractivity contribution is -0.134. The van der Waals surface area contributed by atoms with Crippen molar-refractivity contribution in [3.63, 3.8) is 0 Å². The molecule has 1 aliphatic heterocycles. The molecule has 2 amide bonds. The standard InChI is InChI=1S/C10H18N2O2/c1-3-4-5-12(2)10(14)8-6-9(13)11-7-8/h8H,3-7H2,1-2H3,(H,11,13). The molecule has 0 spiro atoms. The Labute approximate surface area is 84.7 Å². The van der Waals surface area contributed by atoms with E-state index >= 15 is 0 Å². The minimum Gasteiger partial charge on any atom is -0.355 e. The van der Waals surface area contributed by atoms with Gasteiger partial charge in [0.05, 0.1) is 5.92 Å². The molecule has 0 aromatic carbocycles. The van der Waals surface area contributed by atoms with E-state index in [9.17, 15) is 9.59 Å². The Kier molecular flexibility index (Phi) is 3.92. The zero-order chi connectivity index (χ0) is 10.6. The predicted octanol–water partition coefficient (Wildman–Crippen LogP) is 0.381. The molecule has 0 aromatic rings. The van der Waals surface area contributed by atoms with Crippen molar-refractivity contribution in [2.75, 3.05) is 20.1 Å². The first-order chi connectivity index (χ1) is 6.65. The van der Waals surface area contributed by atoms with Crippen molar-refractivity contribution in [3.05, 3.63) is 0 Å². The molecule has 0 saturated carbocycles. The molecule has 1 aliphatic rings. The van der Waals surface area contributed by atoms with Crippen LogP contribution in [-0.2, 0) is 9.59 Å². The number of nitrogens with one attached hydrogen (secondary N) is 1. The maximum Gasteiger partial charge on any atom is 0.227 e. The van der Waals surface area contributed by atoms with Gasteiger partial charge in [-0.1, -0.05) is 13.3 Å². The fourth-order valence-electron chi connectivity index (χ4n) is 1.60. The fourth-order valence-corrected chi connectivity index (χ4v) is 1.60. The van der Waals surface area contributed by atoms with E-state index < -0.39 is 0 Å². The average Bonchev–Trinajstić information content (AvgIpc) is 2.60. The van der Waals surface area contributed by atoms with Crippen molar-refractivity contribution >= 4 is 11.8 Å². The highest BCUT2D eigenvalue weighted by atomic mass is 16.2. The molecule has 14 heavy (non-hydrogen) atoms. The quantitative estimate of drug-likeness (QED) is 0.710. The van der Waals surface area contributed by atoms with Crippen LogP contribution >= 0.6 is 0 Å². The van der Waals surface area contributed by atoms with Crippen molar-refractivity contribution in [2.45, 2.75) is 26.2 Å². The lowest BCUT2D eigenvalue weighted by Gasteiger charge is -2.19. The van der Waals surface area contributed by atoms with Gasteiger partial charge in [-0.15, -0.1) is 0 Å². The van der Waals surface area contributed by atoms with Crippen molar-refractivity contribution in [2.24, 2.45) is 5.92 Å². The molecule has 0 radical (unpaired) electrons. The van der Waals surface area contributed by atoms with Gasteiger partial charge in [-0.3, -0.25) is 9.59 Å². The van der Waals surface area contributed by atoms with Gasteiger partial charge in [0.15, 0.2) is 0 Å². The Morgan fingerprint density at radius 1 is 1.64 bits per heavy atom. The van der Waals surface area contributed by atoms with E-state index in [0.717, 1.165) is 19.4 Å². The van der Waals surface area contributed by atoms with Gasteiger partial charge in [-0.2, -0.15) is 0 Å². The van der Waals surface area contributed by atoms with Gasteiger partial charge in [0, 0.05) is 26.6 Å². The Morgan fingerprint density at radius 3 is 2.86 bits per heavy atom. The third-order valence-electron chi connectivity index (χ3n) is 2.55. The van der Waals surface area contributed by atoms with Crippen LogP contribution in [0.1, 0.15) is 26.2 Å². The molecular formula is C10H18N2O2. The Morgan fingerprint density at radius 2 is 2.36 bits per heavy atom. The van der Waals surface area contributed by atoms with Crippen LogP contribution in [0, 0.1) is 5.92 Å². The molecule has 1 atom stereocenters. The number of carbonyl (C=O) groups excluding carboxylic acids is 2. The number of nitrogens with zero attached hydrogens (tertiary/aromatic N) is 1. The molecule has 0 bridgehead atoms. The van der Waals surface area contributed by atoms with Crippen molar-refractivity contribution in [3.8, 4) is 0 Å². The van der Waals surface area contributed by atoms with Crippen molar-refractivity contribution in [1.29, 1.82) is 0 Å². The summed E-state index contributed by atoms with van der Waals surface area (Å²) in [7, 11) is 1.81. The second-order valence-electron chi connectivity index (χ2n) is 3.82. The van der Waals surface area contributed by atoms with Gasteiger partial charge >= 0.3 is 0 Å². The summed E-state index contributed by atoms with van der Waals surface area (Å²) in [5.74, 6) is -0.0478. The van der Waals surface area contributed by atoms with Crippen LogP contribution in [0.15, 0.2) is 0 Å². The van der Waals surface area contributed by atoms with Crippen LogP contribution in [0.2, 0.25) is 0 Å². The summed E-state index contributed by atoms with van der Waals surface area (Å²) in [4.78, 5) is 24.4. The van der Waals surface area contributed by atoms with Crippen LogP contribution in [0.25, 0.3) is 0 Å². The lowest BCUT2D eigenvalue weighted by Crippen LogP contribution is -2.34. The molecule has 4 heteroatoms. The monoisotopic (exact) mass is 198 g/mol. The average molecular weight is 198 g/mol. The number of amides is 2. The zero-order valence-electron chi connectivity index (χ0n) is 8.88. The zero-order valence-corrected chi connectivity index (χ0v) is 8.88. The SMILES string of the molecule is CCCCN(C)C(=O)C1CNC(=O)C1. The molecule has 80 valence electrons. The third-order valence-corrected chi connectivity index (χ3v) is 2.55. The first-order valence-electron chi connectivity index (χ1n) is 5.16. The van der Waals surface area contributed by atoms with E-state index in [-0.39, 0.29) is 17.7 Å². The van der Waals surface area contributed by atoms with Crippen LogP contribution in [0.5, 0.6) is 0 Å². The summed E-state index contributed by atoms with van der Waals surface area (Å²) >= 11 is 0. The number of unbranched alkanes of at least 4 members (excludes halogenated alkanes) is 1. The minimum absolute atomic E-state index is 0.00718. The summed E-state index contributed by atoms with van der Waals surface area (Å²) in [6, 6.07) is 0. The van der Waals surface area contributed by atoms with Gasteiger partial charge in [-0.25, -0.2) is 0 Å². The molecule has 4 nitrogen and oxygen atoms in total. The Bertz CT molecular complexity index is 228. The van der Waals surface area contributed by atoms with E-state index in [0.29, 0.717) is 13.0 Å². The normalized spacial score (nSPS) is 20.7. The topological polar surface area (TPSA) is 49.4 Å². The molecule has 1 saturated heterocycles. The van der Waals surface area contributed by atoms with Gasteiger partial charge < -0.3 is 10.2 Å². The maximum atomic E-state index is 11.7. The van der Waals surface area contributed by atoms with E-state index in [1.165, 1.54) is 0 Å². The maximum absolute atomic E-state index is 11.7. The van der Waals surface area contributed by atoms with Crippen molar-refractivity contribution < 1.29 is 9.59 Å². The third kappa shape index (κ3) is 2.72. The summed E-state index contributed by atoms with van der Waals surface area (Å²) in [5.41, 5.74) is 0. The second-order valence-corrected chi connectivity index (χ2v) is 3.82. The number of rotatable bonds is 4. The summed E-state index contributed by atoms with van der Waals surface area (Å²) in [6.07, 6.45) is 2.46. The van der Waals surface area contributed by atoms with Gasteiger partial charge in [0.1, 0.15) is 0 Å². The van der Waals surface area contributed by atoms with E-state index in [4.69, 9.17) is 0 Å². The molecule has 1 rings (SSSR count). The van der Waals surface area contributed by atoms with E-state index in [1.54, 1.807) is 11.9 Å². The molecule has 1 fully saturated rings. The Balaban J connectivity index is 2.36. The van der Waals surface area contributed by atoms with Crippen LogP contribution in [0.3, 0.4) is 0 Å². The van der Waals surface area contributed by atoms with Crippen LogP contribution < -0.4 is 5.32 Å². The predicted molar refractivity (Wildman–Crippen MR) is 53.7 cm³/mol. The molecule has 1 N–H and O–H groups in total.